The van der Waals surface area contributed by atoms with Crippen LogP contribution in [0, 0.1) is 11.8 Å². The molecule has 5 nitrogen and oxygen atoms in total. The average Bonchev–Trinajstić information content (AvgIpc) is 2.15. The topological polar surface area (TPSA) is 64.6 Å². The molecule has 15 heavy (non-hydrogen) atoms. The predicted octanol–water partition coefficient (Wildman–Crippen LogP) is 1.52. The Morgan fingerprint density at radius 1 is 1.07 bits per heavy atom. The maximum absolute atomic E-state index is 11.3. The lowest BCUT2D eigenvalue weighted by atomic mass is 10.2. The van der Waals surface area contributed by atoms with Crippen LogP contribution < -0.4 is 5.32 Å². The van der Waals surface area contributed by atoms with Crippen molar-refractivity contribution in [1.82, 2.24) is 5.32 Å². The van der Waals surface area contributed by atoms with Gasteiger partial charge in [0.1, 0.15) is 0 Å². The molecule has 0 fully saturated rings. The molecular weight excluding hydrogens is 198 g/mol. The minimum Gasteiger partial charge on any atom is -0.425 e. The van der Waals surface area contributed by atoms with Gasteiger partial charge in [-0.05, 0) is 0 Å². The number of rotatable bonds is 4. The van der Waals surface area contributed by atoms with Crippen LogP contribution in [0.5, 0.6) is 0 Å². The van der Waals surface area contributed by atoms with E-state index in [1.165, 1.54) is 7.05 Å². The van der Waals surface area contributed by atoms with Crippen molar-refractivity contribution in [3.63, 3.8) is 0 Å². The minimum atomic E-state index is -0.833. The van der Waals surface area contributed by atoms with Crippen molar-refractivity contribution in [2.45, 2.75) is 34.0 Å². The number of esters is 1. The van der Waals surface area contributed by atoms with Crippen LogP contribution in [0.3, 0.4) is 0 Å². The van der Waals surface area contributed by atoms with Gasteiger partial charge in [0.2, 0.25) is 0 Å². The SMILES string of the molecule is CNC(=O)OC(OC(=O)C(C)C)C(C)C. The fourth-order valence-electron chi connectivity index (χ4n) is 0.711. The van der Waals surface area contributed by atoms with E-state index in [0.717, 1.165) is 0 Å². The first-order chi connectivity index (χ1) is 6.88. The zero-order chi connectivity index (χ0) is 12.0. The number of hydrogen-bond donors (Lipinski definition) is 1. The summed E-state index contributed by atoms with van der Waals surface area (Å²) >= 11 is 0. The number of alkyl carbamates (subject to hydrolysis) is 1. The van der Waals surface area contributed by atoms with Crippen LogP contribution in [0.4, 0.5) is 4.79 Å². The molecule has 0 saturated carbocycles. The summed E-state index contributed by atoms with van der Waals surface area (Å²) in [5.41, 5.74) is 0. The van der Waals surface area contributed by atoms with Gasteiger partial charge in [0, 0.05) is 13.0 Å². The van der Waals surface area contributed by atoms with Crippen LogP contribution in [-0.4, -0.2) is 25.4 Å². The summed E-state index contributed by atoms with van der Waals surface area (Å²) in [6.07, 6.45) is -1.44. The van der Waals surface area contributed by atoms with Crippen molar-refractivity contribution in [1.29, 1.82) is 0 Å². The number of carbonyl (C=O) groups excluding carboxylic acids is 2. The maximum Gasteiger partial charge on any atom is 0.409 e. The van der Waals surface area contributed by atoms with E-state index in [4.69, 9.17) is 9.47 Å². The summed E-state index contributed by atoms with van der Waals surface area (Å²) in [5, 5.41) is 2.30. The predicted molar refractivity (Wildman–Crippen MR) is 55.1 cm³/mol. The number of nitrogens with one attached hydrogen (secondary N) is 1. The van der Waals surface area contributed by atoms with Gasteiger partial charge in [-0.3, -0.25) is 4.79 Å². The Balaban J connectivity index is 4.28. The Hall–Kier alpha value is -1.26. The van der Waals surface area contributed by atoms with E-state index in [1.54, 1.807) is 27.7 Å². The lowest BCUT2D eigenvalue weighted by molar-refractivity contribution is -0.178. The molecule has 1 atom stereocenters. The number of carbonyl (C=O) groups is 2. The van der Waals surface area contributed by atoms with Crippen LogP contribution in [0.1, 0.15) is 27.7 Å². The third-order valence-electron chi connectivity index (χ3n) is 1.68. The second-order valence-electron chi connectivity index (χ2n) is 3.86. The van der Waals surface area contributed by atoms with Gasteiger partial charge in [-0.15, -0.1) is 0 Å². The van der Waals surface area contributed by atoms with Crippen molar-refractivity contribution in [2.75, 3.05) is 7.05 Å². The van der Waals surface area contributed by atoms with E-state index in [1.807, 2.05) is 0 Å². The van der Waals surface area contributed by atoms with Gasteiger partial charge in [0.05, 0.1) is 5.92 Å². The van der Waals surface area contributed by atoms with Crippen LogP contribution in [0.25, 0.3) is 0 Å². The van der Waals surface area contributed by atoms with Crippen molar-refractivity contribution in [2.24, 2.45) is 11.8 Å². The van der Waals surface area contributed by atoms with Crippen LogP contribution in [-0.2, 0) is 14.3 Å². The molecule has 1 unspecified atom stereocenters. The Kier molecular flexibility index (Phi) is 5.74. The fraction of sp³-hybridized carbons (Fsp3) is 0.800. The molecule has 0 saturated heterocycles. The molecular formula is C10H19NO4. The molecule has 1 N–H and O–H groups in total. The summed E-state index contributed by atoms with van der Waals surface area (Å²) in [5.74, 6) is -0.692. The Bertz CT molecular complexity index is 225. The first-order valence-corrected chi connectivity index (χ1v) is 4.97. The maximum atomic E-state index is 11.3. The summed E-state index contributed by atoms with van der Waals surface area (Å²) in [4.78, 5) is 22.2. The van der Waals surface area contributed by atoms with Crippen molar-refractivity contribution in [3.05, 3.63) is 0 Å². The molecule has 0 aliphatic rings. The summed E-state index contributed by atoms with van der Waals surface area (Å²) < 4.78 is 9.91. The van der Waals surface area contributed by atoms with Gasteiger partial charge in [-0.2, -0.15) is 0 Å². The Morgan fingerprint density at radius 2 is 1.60 bits per heavy atom. The highest BCUT2D eigenvalue weighted by Gasteiger charge is 2.23. The largest absolute Gasteiger partial charge is 0.425 e. The third kappa shape index (κ3) is 5.24. The van der Waals surface area contributed by atoms with Crippen LogP contribution in [0.15, 0.2) is 0 Å². The van der Waals surface area contributed by atoms with Gasteiger partial charge in [0.15, 0.2) is 0 Å². The molecule has 88 valence electrons. The second-order valence-corrected chi connectivity index (χ2v) is 3.86. The molecule has 0 aromatic rings. The first kappa shape index (κ1) is 13.7. The standard InChI is InChI=1S/C10H19NO4/c1-6(2)8(12)14-9(7(3)4)15-10(13)11-5/h6-7,9H,1-5H3,(H,11,13). The molecule has 0 bridgehead atoms. The lowest BCUT2D eigenvalue weighted by Gasteiger charge is -2.21. The van der Waals surface area contributed by atoms with Crippen molar-refractivity contribution in [3.8, 4) is 0 Å². The number of ether oxygens (including phenoxy) is 2. The summed E-state index contributed by atoms with van der Waals surface area (Å²) in [7, 11) is 1.45. The van der Waals surface area contributed by atoms with Crippen molar-refractivity contribution >= 4 is 12.1 Å². The number of amides is 1. The molecule has 0 aromatic carbocycles. The summed E-state index contributed by atoms with van der Waals surface area (Å²) in [6, 6.07) is 0. The molecule has 0 spiro atoms. The highest BCUT2D eigenvalue weighted by atomic mass is 16.7. The van der Waals surface area contributed by atoms with E-state index in [-0.39, 0.29) is 17.8 Å². The first-order valence-electron chi connectivity index (χ1n) is 4.97. The fourth-order valence-corrected chi connectivity index (χ4v) is 0.711. The van der Waals surface area contributed by atoms with Crippen LogP contribution >= 0.6 is 0 Å². The molecule has 0 heterocycles. The normalized spacial score (nSPS) is 12.5. The smallest absolute Gasteiger partial charge is 0.409 e. The molecule has 0 aliphatic carbocycles. The monoisotopic (exact) mass is 217 g/mol. The quantitative estimate of drug-likeness (QED) is 0.573. The highest BCUT2D eigenvalue weighted by Crippen LogP contribution is 2.11. The van der Waals surface area contributed by atoms with Crippen molar-refractivity contribution < 1.29 is 19.1 Å². The molecule has 0 radical (unpaired) electrons. The van der Waals surface area contributed by atoms with Gasteiger partial charge >= 0.3 is 12.1 Å². The lowest BCUT2D eigenvalue weighted by Crippen LogP contribution is -2.34. The van der Waals surface area contributed by atoms with Gasteiger partial charge < -0.3 is 14.8 Å². The zero-order valence-electron chi connectivity index (χ0n) is 9.87. The Labute approximate surface area is 90.1 Å². The summed E-state index contributed by atoms with van der Waals surface area (Å²) in [6.45, 7) is 7.06. The van der Waals surface area contributed by atoms with E-state index in [9.17, 15) is 9.59 Å². The molecule has 0 aromatic heterocycles. The zero-order valence-corrected chi connectivity index (χ0v) is 9.87. The average molecular weight is 217 g/mol. The van der Waals surface area contributed by atoms with E-state index >= 15 is 0 Å². The molecule has 0 aliphatic heterocycles. The highest BCUT2D eigenvalue weighted by molar-refractivity contribution is 5.72. The third-order valence-corrected chi connectivity index (χ3v) is 1.68. The molecule has 1 amide bonds. The van der Waals surface area contributed by atoms with E-state index in [0.29, 0.717) is 0 Å². The van der Waals surface area contributed by atoms with Gasteiger partial charge in [-0.25, -0.2) is 4.79 Å². The second kappa shape index (κ2) is 6.27. The number of hydrogen-bond acceptors (Lipinski definition) is 4. The van der Waals surface area contributed by atoms with Gasteiger partial charge in [0.25, 0.3) is 6.29 Å². The van der Waals surface area contributed by atoms with Crippen LogP contribution in [0.2, 0.25) is 0 Å². The van der Waals surface area contributed by atoms with E-state index in [2.05, 4.69) is 5.32 Å². The minimum absolute atomic E-state index is 0.0787. The van der Waals surface area contributed by atoms with E-state index < -0.39 is 12.4 Å². The molecule has 5 heteroatoms. The van der Waals surface area contributed by atoms with Gasteiger partial charge in [-0.1, -0.05) is 27.7 Å². The molecule has 0 rings (SSSR count). The Morgan fingerprint density at radius 3 is 1.93 bits per heavy atom.